The van der Waals surface area contributed by atoms with E-state index >= 15 is 0 Å². The lowest BCUT2D eigenvalue weighted by Crippen LogP contribution is -2.16. The fraction of sp³-hybridized carbons (Fsp3) is 0.278. The summed E-state index contributed by atoms with van der Waals surface area (Å²) in [5, 5.41) is 3.45. The van der Waals surface area contributed by atoms with Crippen LogP contribution in [-0.2, 0) is 4.74 Å². The standard InChI is InChI=1S/C18H18ClNO3/c19-14-5-3-13(4-6-14)18(21)20-15-7-9-16(10-8-15)23-12-17-2-1-11-22-17/h3-10,17H,1-2,11-12H2,(H,20,21)/t17-/m1/s1. The van der Waals surface area contributed by atoms with Crippen molar-refractivity contribution in [3.63, 3.8) is 0 Å². The third-order valence-electron chi connectivity index (χ3n) is 3.68. The van der Waals surface area contributed by atoms with E-state index in [4.69, 9.17) is 21.1 Å². The molecule has 1 aliphatic rings. The van der Waals surface area contributed by atoms with Gasteiger partial charge in [0, 0.05) is 22.9 Å². The van der Waals surface area contributed by atoms with Crippen molar-refractivity contribution in [3.05, 3.63) is 59.1 Å². The van der Waals surface area contributed by atoms with E-state index in [1.807, 2.05) is 24.3 Å². The van der Waals surface area contributed by atoms with Crippen molar-refractivity contribution in [1.82, 2.24) is 0 Å². The number of halogens is 1. The highest BCUT2D eigenvalue weighted by Crippen LogP contribution is 2.19. The van der Waals surface area contributed by atoms with Crippen molar-refractivity contribution >= 4 is 23.2 Å². The molecule has 0 unspecified atom stereocenters. The summed E-state index contributed by atoms with van der Waals surface area (Å²) in [4.78, 5) is 12.1. The van der Waals surface area contributed by atoms with E-state index in [1.165, 1.54) is 0 Å². The molecular formula is C18H18ClNO3. The van der Waals surface area contributed by atoms with E-state index in [0.29, 0.717) is 17.2 Å². The molecular weight excluding hydrogens is 314 g/mol. The van der Waals surface area contributed by atoms with E-state index < -0.39 is 0 Å². The van der Waals surface area contributed by atoms with Gasteiger partial charge < -0.3 is 14.8 Å². The number of rotatable bonds is 5. The molecule has 0 aliphatic carbocycles. The molecule has 1 amide bonds. The Labute approximate surface area is 140 Å². The van der Waals surface area contributed by atoms with Gasteiger partial charge in [0.15, 0.2) is 0 Å². The predicted molar refractivity (Wildman–Crippen MR) is 90.3 cm³/mol. The van der Waals surface area contributed by atoms with Gasteiger partial charge in [0.25, 0.3) is 5.91 Å². The number of carbonyl (C=O) groups excluding carboxylic acids is 1. The summed E-state index contributed by atoms with van der Waals surface area (Å²) in [5.41, 5.74) is 1.28. The maximum absolute atomic E-state index is 12.1. The molecule has 2 aromatic carbocycles. The zero-order chi connectivity index (χ0) is 16.1. The summed E-state index contributed by atoms with van der Waals surface area (Å²) >= 11 is 5.82. The highest BCUT2D eigenvalue weighted by atomic mass is 35.5. The van der Waals surface area contributed by atoms with Crippen molar-refractivity contribution in [3.8, 4) is 5.75 Å². The second-order valence-electron chi connectivity index (χ2n) is 5.43. The summed E-state index contributed by atoms with van der Waals surface area (Å²) in [6.07, 6.45) is 2.35. The number of ether oxygens (including phenoxy) is 2. The topological polar surface area (TPSA) is 47.6 Å². The van der Waals surface area contributed by atoms with E-state index in [9.17, 15) is 4.79 Å². The molecule has 0 bridgehead atoms. The molecule has 1 atom stereocenters. The number of hydrogen-bond donors (Lipinski definition) is 1. The molecule has 4 nitrogen and oxygen atoms in total. The molecule has 0 aromatic heterocycles. The zero-order valence-electron chi connectivity index (χ0n) is 12.6. The number of carbonyl (C=O) groups is 1. The Bertz CT molecular complexity index is 649. The van der Waals surface area contributed by atoms with Crippen LogP contribution in [-0.4, -0.2) is 25.2 Å². The minimum absolute atomic E-state index is 0.172. The van der Waals surface area contributed by atoms with Gasteiger partial charge in [0.1, 0.15) is 12.4 Å². The lowest BCUT2D eigenvalue weighted by Gasteiger charge is -2.12. The van der Waals surface area contributed by atoms with Crippen molar-refractivity contribution in [2.45, 2.75) is 18.9 Å². The van der Waals surface area contributed by atoms with Crippen LogP contribution in [0.4, 0.5) is 5.69 Å². The fourth-order valence-electron chi connectivity index (χ4n) is 2.40. The maximum Gasteiger partial charge on any atom is 0.255 e. The van der Waals surface area contributed by atoms with E-state index in [-0.39, 0.29) is 12.0 Å². The van der Waals surface area contributed by atoms with Crippen LogP contribution in [0.1, 0.15) is 23.2 Å². The molecule has 1 saturated heterocycles. The monoisotopic (exact) mass is 331 g/mol. The predicted octanol–water partition coefficient (Wildman–Crippen LogP) is 4.15. The minimum Gasteiger partial charge on any atom is -0.491 e. The molecule has 5 heteroatoms. The Morgan fingerprint density at radius 1 is 1.17 bits per heavy atom. The van der Waals surface area contributed by atoms with Gasteiger partial charge in [-0.15, -0.1) is 0 Å². The molecule has 0 saturated carbocycles. The highest BCUT2D eigenvalue weighted by molar-refractivity contribution is 6.30. The second-order valence-corrected chi connectivity index (χ2v) is 5.87. The molecule has 1 heterocycles. The molecule has 120 valence electrons. The van der Waals surface area contributed by atoms with Crippen LogP contribution in [0.2, 0.25) is 5.02 Å². The largest absolute Gasteiger partial charge is 0.491 e. The highest BCUT2D eigenvalue weighted by Gasteiger charge is 2.15. The number of hydrogen-bond acceptors (Lipinski definition) is 3. The molecule has 0 spiro atoms. The number of benzene rings is 2. The Kier molecular flexibility index (Phi) is 5.16. The van der Waals surface area contributed by atoms with Gasteiger partial charge in [-0.25, -0.2) is 0 Å². The van der Waals surface area contributed by atoms with Crippen LogP contribution in [0.5, 0.6) is 5.75 Å². The Hall–Kier alpha value is -2.04. The van der Waals surface area contributed by atoms with Crippen LogP contribution < -0.4 is 10.1 Å². The van der Waals surface area contributed by atoms with Gasteiger partial charge in [-0.1, -0.05) is 11.6 Å². The zero-order valence-corrected chi connectivity index (χ0v) is 13.4. The van der Waals surface area contributed by atoms with Gasteiger partial charge in [0.2, 0.25) is 0 Å². The molecule has 1 fully saturated rings. The van der Waals surface area contributed by atoms with Gasteiger partial charge in [-0.05, 0) is 61.4 Å². The lowest BCUT2D eigenvalue weighted by atomic mass is 10.2. The maximum atomic E-state index is 12.1. The van der Waals surface area contributed by atoms with E-state index in [1.54, 1.807) is 24.3 Å². The summed E-state index contributed by atoms with van der Waals surface area (Å²) in [7, 11) is 0. The second kappa shape index (κ2) is 7.49. The summed E-state index contributed by atoms with van der Waals surface area (Å²) in [6, 6.07) is 14.1. The van der Waals surface area contributed by atoms with E-state index in [0.717, 1.165) is 30.9 Å². The third kappa shape index (κ3) is 4.47. The van der Waals surface area contributed by atoms with Crippen molar-refractivity contribution in [1.29, 1.82) is 0 Å². The number of amides is 1. The Morgan fingerprint density at radius 3 is 2.57 bits per heavy atom. The van der Waals surface area contributed by atoms with Crippen LogP contribution >= 0.6 is 11.6 Å². The quantitative estimate of drug-likeness (QED) is 0.895. The van der Waals surface area contributed by atoms with Gasteiger partial charge >= 0.3 is 0 Å². The SMILES string of the molecule is O=C(Nc1ccc(OC[C@H]2CCCO2)cc1)c1ccc(Cl)cc1. The molecule has 0 radical (unpaired) electrons. The first kappa shape index (κ1) is 15.8. The van der Waals surface area contributed by atoms with Crippen LogP contribution in [0, 0.1) is 0 Å². The molecule has 3 rings (SSSR count). The van der Waals surface area contributed by atoms with Crippen molar-refractivity contribution < 1.29 is 14.3 Å². The molecule has 1 N–H and O–H groups in total. The summed E-state index contributed by atoms with van der Waals surface area (Å²) < 4.78 is 11.2. The normalized spacial score (nSPS) is 17.0. The Morgan fingerprint density at radius 2 is 1.91 bits per heavy atom. The Balaban J connectivity index is 1.54. The molecule has 2 aromatic rings. The fourth-order valence-corrected chi connectivity index (χ4v) is 2.53. The lowest BCUT2D eigenvalue weighted by molar-refractivity contribution is 0.0679. The average Bonchev–Trinajstić information content (AvgIpc) is 3.08. The van der Waals surface area contributed by atoms with Gasteiger partial charge in [-0.2, -0.15) is 0 Å². The summed E-state index contributed by atoms with van der Waals surface area (Å²) in [6.45, 7) is 1.39. The van der Waals surface area contributed by atoms with Crippen LogP contribution in [0.3, 0.4) is 0 Å². The first-order chi connectivity index (χ1) is 11.2. The average molecular weight is 332 g/mol. The van der Waals surface area contributed by atoms with Crippen molar-refractivity contribution in [2.24, 2.45) is 0 Å². The van der Waals surface area contributed by atoms with Crippen molar-refractivity contribution in [2.75, 3.05) is 18.5 Å². The van der Waals surface area contributed by atoms with Gasteiger partial charge in [0.05, 0.1) is 6.10 Å². The third-order valence-corrected chi connectivity index (χ3v) is 3.93. The smallest absolute Gasteiger partial charge is 0.255 e. The van der Waals surface area contributed by atoms with E-state index in [2.05, 4.69) is 5.32 Å². The van der Waals surface area contributed by atoms with Crippen LogP contribution in [0.15, 0.2) is 48.5 Å². The first-order valence-corrected chi connectivity index (χ1v) is 8.00. The number of anilines is 1. The van der Waals surface area contributed by atoms with Crippen LogP contribution in [0.25, 0.3) is 0 Å². The first-order valence-electron chi connectivity index (χ1n) is 7.62. The molecule has 23 heavy (non-hydrogen) atoms. The minimum atomic E-state index is -0.172. The summed E-state index contributed by atoms with van der Waals surface area (Å²) in [5.74, 6) is 0.597. The number of nitrogens with one attached hydrogen (secondary N) is 1. The molecule has 1 aliphatic heterocycles. The van der Waals surface area contributed by atoms with Gasteiger partial charge in [-0.3, -0.25) is 4.79 Å².